The van der Waals surface area contributed by atoms with Crippen LogP contribution in [-0.4, -0.2) is 34.2 Å². The number of nitrogens with zero attached hydrogens (tertiary/aromatic N) is 3. The summed E-state index contributed by atoms with van der Waals surface area (Å²) < 4.78 is 0. The molecule has 0 aliphatic carbocycles. The summed E-state index contributed by atoms with van der Waals surface area (Å²) in [5.41, 5.74) is 1.20. The molecule has 1 aliphatic heterocycles. The van der Waals surface area contributed by atoms with Crippen LogP contribution in [0.25, 0.3) is 0 Å². The van der Waals surface area contributed by atoms with Crippen molar-refractivity contribution in [2.45, 2.75) is 25.4 Å². The Morgan fingerprint density at radius 1 is 1.10 bits per heavy atom. The maximum Gasteiger partial charge on any atom is 0.225 e. The maximum atomic E-state index is 9.27. The summed E-state index contributed by atoms with van der Waals surface area (Å²) in [6.07, 6.45) is 5.77. The second-order valence-electron chi connectivity index (χ2n) is 5.36. The second-order valence-corrected chi connectivity index (χ2v) is 5.36. The summed E-state index contributed by atoms with van der Waals surface area (Å²) in [6, 6.07) is 9.73. The van der Waals surface area contributed by atoms with Gasteiger partial charge >= 0.3 is 0 Å². The molecule has 0 saturated carbocycles. The van der Waals surface area contributed by atoms with Gasteiger partial charge in [-0.1, -0.05) is 12.1 Å². The summed E-state index contributed by atoms with van der Waals surface area (Å²) in [5.74, 6) is 1.14. The summed E-state index contributed by atoms with van der Waals surface area (Å²) >= 11 is 0. The summed E-state index contributed by atoms with van der Waals surface area (Å²) in [5, 5.41) is 12.9. The molecule has 0 radical (unpaired) electrons. The van der Waals surface area contributed by atoms with E-state index >= 15 is 0 Å². The van der Waals surface area contributed by atoms with Crippen molar-refractivity contribution in [1.82, 2.24) is 15.3 Å². The Bertz CT molecular complexity index is 550. The van der Waals surface area contributed by atoms with Crippen LogP contribution in [0.4, 0.5) is 5.95 Å². The predicted octanol–water partition coefficient (Wildman–Crippen LogP) is 1.94. The van der Waals surface area contributed by atoms with Gasteiger partial charge in [-0.05, 0) is 36.6 Å². The highest BCUT2D eigenvalue weighted by Gasteiger charge is 2.20. The Morgan fingerprint density at radius 3 is 2.43 bits per heavy atom. The summed E-state index contributed by atoms with van der Waals surface area (Å²) in [4.78, 5) is 10.8. The Labute approximate surface area is 124 Å². The molecule has 21 heavy (non-hydrogen) atoms. The molecule has 0 amide bonds. The molecule has 1 aromatic carbocycles. The number of phenolic OH excluding ortho intramolecular Hbond substituents is 1. The molecule has 0 bridgehead atoms. The van der Waals surface area contributed by atoms with Gasteiger partial charge in [0.15, 0.2) is 0 Å². The summed E-state index contributed by atoms with van der Waals surface area (Å²) in [6.45, 7) is 2.81. The first kappa shape index (κ1) is 13.8. The molecule has 110 valence electrons. The van der Waals surface area contributed by atoms with Gasteiger partial charge in [-0.3, -0.25) is 0 Å². The summed E-state index contributed by atoms with van der Waals surface area (Å²) in [7, 11) is 0. The molecule has 0 spiro atoms. The van der Waals surface area contributed by atoms with Crippen molar-refractivity contribution in [3.63, 3.8) is 0 Å². The zero-order valence-electron chi connectivity index (χ0n) is 11.9. The van der Waals surface area contributed by atoms with Crippen LogP contribution in [0, 0.1) is 0 Å². The van der Waals surface area contributed by atoms with E-state index in [1.54, 1.807) is 24.5 Å². The fourth-order valence-electron chi connectivity index (χ4n) is 2.61. The lowest BCUT2D eigenvalue weighted by atomic mass is 10.0. The highest BCUT2D eigenvalue weighted by Crippen LogP contribution is 2.16. The minimum absolute atomic E-state index is 0.315. The van der Waals surface area contributed by atoms with Crippen LogP contribution in [0.15, 0.2) is 42.7 Å². The van der Waals surface area contributed by atoms with E-state index in [-0.39, 0.29) is 0 Å². The van der Waals surface area contributed by atoms with Crippen LogP contribution >= 0.6 is 0 Å². The molecule has 2 aromatic rings. The number of rotatable bonds is 4. The number of benzene rings is 1. The van der Waals surface area contributed by atoms with Crippen molar-refractivity contribution in [1.29, 1.82) is 0 Å². The number of anilines is 1. The van der Waals surface area contributed by atoms with Gasteiger partial charge in [-0.2, -0.15) is 0 Å². The van der Waals surface area contributed by atoms with Crippen molar-refractivity contribution in [3.05, 3.63) is 48.3 Å². The normalized spacial score (nSPS) is 16.1. The standard InChI is InChI=1S/C16H20N4O/c21-15-4-2-13(3-5-15)12-19-14-6-10-20(11-7-14)16-17-8-1-9-18-16/h1-5,8-9,14,19,21H,6-7,10-12H2. The second kappa shape index (κ2) is 6.54. The molecule has 1 saturated heterocycles. The number of hydrogen-bond donors (Lipinski definition) is 2. The number of nitrogens with one attached hydrogen (secondary N) is 1. The Kier molecular flexibility index (Phi) is 4.31. The predicted molar refractivity (Wildman–Crippen MR) is 82.2 cm³/mol. The van der Waals surface area contributed by atoms with Gasteiger partial charge in [0.2, 0.25) is 5.95 Å². The monoisotopic (exact) mass is 284 g/mol. The Morgan fingerprint density at radius 2 is 1.76 bits per heavy atom. The van der Waals surface area contributed by atoms with Crippen molar-refractivity contribution < 1.29 is 5.11 Å². The first-order chi connectivity index (χ1) is 10.3. The third-order valence-corrected chi connectivity index (χ3v) is 3.86. The van der Waals surface area contributed by atoms with E-state index in [1.807, 2.05) is 18.2 Å². The minimum atomic E-state index is 0.315. The molecule has 5 heteroatoms. The number of phenols is 1. The SMILES string of the molecule is Oc1ccc(CNC2CCN(c3ncccn3)CC2)cc1. The van der Waals surface area contributed by atoms with E-state index in [9.17, 15) is 5.11 Å². The maximum absolute atomic E-state index is 9.27. The number of hydrogen-bond acceptors (Lipinski definition) is 5. The highest BCUT2D eigenvalue weighted by atomic mass is 16.3. The van der Waals surface area contributed by atoms with Gasteiger partial charge in [0.25, 0.3) is 0 Å². The first-order valence-electron chi connectivity index (χ1n) is 7.34. The Balaban J connectivity index is 1.47. The average Bonchev–Trinajstić information content (AvgIpc) is 2.56. The lowest BCUT2D eigenvalue weighted by Gasteiger charge is -2.32. The van der Waals surface area contributed by atoms with Crippen molar-refractivity contribution in [2.24, 2.45) is 0 Å². The number of aromatic nitrogens is 2. The zero-order chi connectivity index (χ0) is 14.5. The Hall–Kier alpha value is -2.14. The number of piperidine rings is 1. The van der Waals surface area contributed by atoms with Crippen LogP contribution in [0.1, 0.15) is 18.4 Å². The van der Waals surface area contributed by atoms with Gasteiger partial charge in [0.1, 0.15) is 5.75 Å². The van der Waals surface area contributed by atoms with Crippen LogP contribution in [0.3, 0.4) is 0 Å². The smallest absolute Gasteiger partial charge is 0.225 e. The lowest BCUT2D eigenvalue weighted by molar-refractivity contribution is 0.411. The average molecular weight is 284 g/mol. The zero-order valence-corrected chi connectivity index (χ0v) is 11.9. The van der Waals surface area contributed by atoms with Gasteiger partial charge in [-0.15, -0.1) is 0 Å². The van der Waals surface area contributed by atoms with Crippen molar-refractivity contribution in [2.75, 3.05) is 18.0 Å². The molecule has 3 rings (SSSR count). The van der Waals surface area contributed by atoms with Crippen molar-refractivity contribution in [3.8, 4) is 5.75 Å². The first-order valence-corrected chi connectivity index (χ1v) is 7.34. The molecule has 2 heterocycles. The molecule has 5 nitrogen and oxygen atoms in total. The third-order valence-electron chi connectivity index (χ3n) is 3.86. The van der Waals surface area contributed by atoms with Crippen molar-refractivity contribution >= 4 is 5.95 Å². The number of aromatic hydroxyl groups is 1. The van der Waals surface area contributed by atoms with E-state index in [1.165, 1.54) is 5.56 Å². The molecule has 1 fully saturated rings. The molecule has 2 N–H and O–H groups in total. The topological polar surface area (TPSA) is 61.3 Å². The lowest BCUT2D eigenvalue weighted by Crippen LogP contribution is -2.42. The molecular formula is C16H20N4O. The van der Waals surface area contributed by atoms with E-state index in [0.29, 0.717) is 11.8 Å². The largest absolute Gasteiger partial charge is 0.508 e. The van der Waals surface area contributed by atoms with E-state index in [2.05, 4.69) is 20.2 Å². The fraction of sp³-hybridized carbons (Fsp3) is 0.375. The van der Waals surface area contributed by atoms with Gasteiger partial charge in [0, 0.05) is 38.1 Å². The van der Waals surface area contributed by atoms with Gasteiger partial charge in [0.05, 0.1) is 0 Å². The van der Waals surface area contributed by atoms with E-state index in [4.69, 9.17) is 0 Å². The molecule has 1 aromatic heterocycles. The highest BCUT2D eigenvalue weighted by molar-refractivity contribution is 5.29. The van der Waals surface area contributed by atoms with E-state index < -0.39 is 0 Å². The molecule has 0 atom stereocenters. The quantitative estimate of drug-likeness (QED) is 0.898. The van der Waals surface area contributed by atoms with Crippen LogP contribution in [0.2, 0.25) is 0 Å². The molecular weight excluding hydrogens is 264 g/mol. The third kappa shape index (κ3) is 3.70. The van der Waals surface area contributed by atoms with Crippen LogP contribution < -0.4 is 10.2 Å². The molecule has 1 aliphatic rings. The minimum Gasteiger partial charge on any atom is -0.508 e. The fourth-order valence-corrected chi connectivity index (χ4v) is 2.61. The van der Waals surface area contributed by atoms with Crippen LogP contribution in [0.5, 0.6) is 5.75 Å². The van der Waals surface area contributed by atoms with Gasteiger partial charge < -0.3 is 15.3 Å². The van der Waals surface area contributed by atoms with Crippen LogP contribution in [-0.2, 0) is 6.54 Å². The molecule has 0 unspecified atom stereocenters. The van der Waals surface area contributed by atoms with Gasteiger partial charge in [-0.25, -0.2) is 9.97 Å². The van der Waals surface area contributed by atoms with E-state index in [0.717, 1.165) is 38.4 Å².